The van der Waals surface area contributed by atoms with Crippen LogP contribution in [0.5, 0.6) is 0 Å². The molecule has 1 fully saturated rings. The molecule has 1 saturated heterocycles. The first kappa shape index (κ1) is 12.7. The van der Waals surface area contributed by atoms with E-state index in [2.05, 4.69) is 15.0 Å². The van der Waals surface area contributed by atoms with Crippen molar-refractivity contribution >= 4 is 5.97 Å². The van der Waals surface area contributed by atoms with Crippen LogP contribution in [0.4, 0.5) is 0 Å². The van der Waals surface area contributed by atoms with E-state index in [-0.39, 0.29) is 6.42 Å². The summed E-state index contributed by atoms with van der Waals surface area (Å²) in [4.78, 5) is 10.1. The second-order valence-electron chi connectivity index (χ2n) is 3.82. The molecule has 16 heavy (non-hydrogen) atoms. The maximum atomic E-state index is 10.1. The van der Waals surface area contributed by atoms with Gasteiger partial charge in [-0.2, -0.15) is 0 Å². The first-order valence-electron chi connectivity index (χ1n) is 5.53. The minimum atomic E-state index is -0.906. The predicted molar refractivity (Wildman–Crippen MR) is 59.3 cm³/mol. The number of aromatic nitrogens is 1. The number of nitrogens with one attached hydrogen (secondary N) is 1. The van der Waals surface area contributed by atoms with Crippen molar-refractivity contribution in [1.82, 2.24) is 10.5 Å². The fraction of sp³-hybridized carbons (Fsp3) is 0.636. The van der Waals surface area contributed by atoms with Crippen molar-refractivity contribution in [3.63, 3.8) is 0 Å². The Morgan fingerprint density at radius 2 is 2.19 bits per heavy atom. The lowest BCUT2D eigenvalue weighted by Gasteiger charge is -2.08. The Morgan fingerprint density at radius 1 is 1.50 bits per heavy atom. The van der Waals surface area contributed by atoms with Gasteiger partial charge in [-0.3, -0.25) is 4.79 Å². The van der Waals surface area contributed by atoms with Gasteiger partial charge >= 0.3 is 5.97 Å². The number of hydrogen-bond acceptors (Lipinski definition) is 4. The summed E-state index contributed by atoms with van der Waals surface area (Å²) in [6, 6.07) is 1.61. The molecule has 1 aromatic heterocycles. The molecule has 0 spiro atoms. The fourth-order valence-electron chi connectivity index (χ4n) is 1.45. The minimum absolute atomic E-state index is 0.0964. The molecule has 5 nitrogen and oxygen atoms in total. The van der Waals surface area contributed by atoms with E-state index in [0.29, 0.717) is 11.5 Å². The van der Waals surface area contributed by atoms with Gasteiger partial charge in [0.05, 0.1) is 5.69 Å². The average Bonchev–Trinajstić information content (AvgIpc) is 2.66. The van der Waals surface area contributed by atoms with Crippen molar-refractivity contribution in [1.29, 1.82) is 0 Å². The second kappa shape index (κ2) is 7.00. The Kier molecular flexibility index (Phi) is 5.56. The maximum absolute atomic E-state index is 10.1. The number of carboxylic acid groups (broad SMARTS) is 1. The third kappa shape index (κ3) is 5.50. The van der Waals surface area contributed by atoms with Gasteiger partial charge < -0.3 is 14.9 Å². The fourth-order valence-corrected chi connectivity index (χ4v) is 1.45. The Labute approximate surface area is 94.8 Å². The lowest BCUT2D eigenvalue weighted by atomic mass is 10.2. The van der Waals surface area contributed by atoms with Crippen LogP contribution in [-0.4, -0.2) is 29.3 Å². The number of carboxylic acids is 1. The van der Waals surface area contributed by atoms with Crippen molar-refractivity contribution in [2.75, 3.05) is 13.1 Å². The summed E-state index contributed by atoms with van der Waals surface area (Å²) in [5.74, 6) is -0.513. The smallest absolute Gasteiger partial charge is 0.311 e. The standard InChI is InChI=1S/C6H7NO3.C5H11N/c1-4-2-5(10-7-4)3-6(8)9;1-2-4-6-5-3-1/h2H,3H2,1H3,(H,8,9);6H,1-5H2. The quantitative estimate of drug-likeness (QED) is 0.796. The molecule has 5 heteroatoms. The van der Waals surface area contributed by atoms with Crippen molar-refractivity contribution in [3.05, 3.63) is 17.5 Å². The lowest BCUT2D eigenvalue weighted by molar-refractivity contribution is -0.136. The van der Waals surface area contributed by atoms with E-state index in [1.807, 2.05) is 0 Å². The van der Waals surface area contributed by atoms with E-state index in [1.54, 1.807) is 13.0 Å². The maximum Gasteiger partial charge on any atom is 0.311 e. The number of aryl methyl sites for hydroxylation is 1. The number of piperidine rings is 1. The van der Waals surface area contributed by atoms with Gasteiger partial charge in [0.25, 0.3) is 0 Å². The summed E-state index contributed by atoms with van der Waals surface area (Å²) in [7, 11) is 0. The van der Waals surface area contributed by atoms with Crippen LogP contribution >= 0.6 is 0 Å². The first-order chi connectivity index (χ1) is 7.68. The minimum Gasteiger partial charge on any atom is -0.481 e. The van der Waals surface area contributed by atoms with Crippen LogP contribution in [0.3, 0.4) is 0 Å². The zero-order chi connectivity index (χ0) is 11.8. The average molecular weight is 226 g/mol. The molecule has 0 bridgehead atoms. The van der Waals surface area contributed by atoms with E-state index in [0.717, 1.165) is 0 Å². The number of nitrogens with zero attached hydrogens (tertiary/aromatic N) is 1. The molecule has 1 aliphatic rings. The van der Waals surface area contributed by atoms with Crippen LogP contribution < -0.4 is 5.32 Å². The van der Waals surface area contributed by atoms with Gasteiger partial charge in [-0.05, 0) is 32.9 Å². The highest BCUT2D eigenvalue weighted by Crippen LogP contribution is 2.01. The zero-order valence-corrected chi connectivity index (χ0v) is 9.53. The number of aliphatic carboxylic acids is 1. The number of carbonyl (C=O) groups is 1. The molecule has 0 aromatic carbocycles. The van der Waals surface area contributed by atoms with Gasteiger partial charge in [0.1, 0.15) is 12.2 Å². The van der Waals surface area contributed by atoms with Crippen LogP contribution in [-0.2, 0) is 11.2 Å². The summed E-state index contributed by atoms with van der Waals surface area (Å²) >= 11 is 0. The molecule has 0 aliphatic carbocycles. The topological polar surface area (TPSA) is 75.4 Å². The largest absolute Gasteiger partial charge is 0.481 e. The Balaban J connectivity index is 0.000000181. The van der Waals surface area contributed by atoms with Crippen molar-refractivity contribution in [2.45, 2.75) is 32.6 Å². The molecule has 0 radical (unpaired) electrons. The molecule has 2 heterocycles. The van der Waals surface area contributed by atoms with Crippen LogP contribution in [0.15, 0.2) is 10.6 Å². The molecule has 90 valence electrons. The van der Waals surface area contributed by atoms with E-state index >= 15 is 0 Å². The molecular formula is C11H18N2O3. The summed E-state index contributed by atoms with van der Waals surface area (Å²) in [5.41, 5.74) is 0.705. The second-order valence-corrected chi connectivity index (χ2v) is 3.82. The predicted octanol–water partition coefficient (Wildman–Crippen LogP) is 1.37. The molecule has 1 aromatic rings. The van der Waals surface area contributed by atoms with Crippen molar-refractivity contribution in [3.8, 4) is 0 Å². The van der Waals surface area contributed by atoms with Gasteiger partial charge in [-0.15, -0.1) is 0 Å². The molecule has 2 N–H and O–H groups in total. The SMILES string of the molecule is C1CCNCC1.Cc1cc(CC(=O)O)on1. The van der Waals surface area contributed by atoms with E-state index < -0.39 is 5.97 Å². The molecule has 0 atom stereocenters. The van der Waals surface area contributed by atoms with Gasteiger partial charge in [0.15, 0.2) is 0 Å². The third-order valence-corrected chi connectivity index (χ3v) is 2.21. The van der Waals surface area contributed by atoms with E-state index in [9.17, 15) is 4.79 Å². The van der Waals surface area contributed by atoms with Crippen molar-refractivity contribution in [2.24, 2.45) is 0 Å². The van der Waals surface area contributed by atoms with Gasteiger partial charge in [-0.25, -0.2) is 0 Å². The summed E-state index contributed by atoms with van der Waals surface area (Å²) < 4.78 is 4.64. The van der Waals surface area contributed by atoms with Gasteiger partial charge in [0, 0.05) is 6.07 Å². The van der Waals surface area contributed by atoms with Crippen LogP contribution in [0.1, 0.15) is 30.7 Å². The Bertz CT molecular complexity index is 307. The van der Waals surface area contributed by atoms with Gasteiger partial charge in [0.2, 0.25) is 0 Å². The molecule has 1 aliphatic heterocycles. The summed E-state index contributed by atoms with van der Waals surface area (Å²) in [6.45, 7) is 4.24. The molecular weight excluding hydrogens is 208 g/mol. The van der Waals surface area contributed by atoms with Crippen LogP contribution in [0.25, 0.3) is 0 Å². The normalized spacial score (nSPS) is 15.1. The number of rotatable bonds is 2. The highest BCUT2D eigenvalue weighted by Gasteiger charge is 2.04. The van der Waals surface area contributed by atoms with Crippen LogP contribution in [0.2, 0.25) is 0 Å². The highest BCUT2D eigenvalue weighted by molar-refractivity contribution is 5.69. The van der Waals surface area contributed by atoms with Crippen LogP contribution in [0, 0.1) is 6.92 Å². The zero-order valence-electron chi connectivity index (χ0n) is 9.53. The van der Waals surface area contributed by atoms with Gasteiger partial charge in [-0.1, -0.05) is 11.6 Å². The monoisotopic (exact) mass is 226 g/mol. The van der Waals surface area contributed by atoms with E-state index in [1.165, 1.54) is 32.4 Å². The summed E-state index contributed by atoms with van der Waals surface area (Å²) in [6.07, 6.45) is 4.12. The lowest BCUT2D eigenvalue weighted by Crippen LogP contribution is -2.21. The highest BCUT2D eigenvalue weighted by atomic mass is 16.5. The molecule has 0 unspecified atom stereocenters. The van der Waals surface area contributed by atoms with Crippen molar-refractivity contribution < 1.29 is 14.4 Å². The molecule has 0 saturated carbocycles. The third-order valence-electron chi connectivity index (χ3n) is 2.21. The summed E-state index contributed by atoms with van der Waals surface area (Å²) in [5, 5.41) is 15.1. The first-order valence-corrected chi connectivity index (χ1v) is 5.53. The molecule has 2 rings (SSSR count). The van der Waals surface area contributed by atoms with E-state index in [4.69, 9.17) is 5.11 Å². The Hall–Kier alpha value is -1.36. The number of hydrogen-bond donors (Lipinski definition) is 2. The molecule has 0 amide bonds. The Morgan fingerprint density at radius 3 is 2.50 bits per heavy atom.